The van der Waals surface area contributed by atoms with Gasteiger partial charge in [0.1, 0.15) is 19.3 Å². The van der Waals surface area contributed by atoms with E-state index in [1.165, 1.54) is 116 Å². The number of phosphoric ester groups is 1. The topological polar surface area (TPSA) is 111 Å². The van der Waals surface area contributed by atoms with Crippen molar-refractivity contribution in [2.75, 3.05) is 40.9 Å². The Bertz CT molecular complexity index is 1380. The Morgan fingerprint density at radius 1 is 0.552 bits per heavy atom. The second-order valence-corrected chi connectivity index (χ2v) is 20.9. The molecule has 3 unspecified atom stereocenters. The van der Waals surface area contributed by atoms with Crippen LogP contribution in [0.25, 0.3) is 0 Å². The van der Waals surface area contributed by atoms with Gasteiger partial charge in [-0.1, -0.05) is 216 Å². The van der Waals surface area contributed by atoms with Crippen molar-refractivity contribution in [3.05, 3.63) is 72.9 Å². The molecule has 388 valence electrons. The number of amides is 1. The van der Waals surface area contributed by atoms with Gasteiger partial charge in [0, 0.05) is 12.8 Å². The maximum absolute atomic E-state index is 13.5. The maximum atomic E-state index is 13.5. The van der Waals surface area contributed by atoms with Gasteiger partial charge in [-0.05, 0) is 70.3 Å². The number of esters is 1. The molecule has 0 bridgehead atoms. The molecule has 0 aliphatic heterocycles. The standard InChI is InChI=1S/C57H103N2O7P/c1-7-10-13-16-19-22-25-28-29-32-34-37-40-43-46-49-56(60)58-54(53-65-67(62,63)64-52-51-59(4,5)6)55(48-45-42-39-36-33-30-26-23-20-17-14-11-8-2)66-57(61)50-47-44-41-38-35-31-27-24-21-18-15-12-9-3/h10,13,16,19,22,25,31,35,41,44-45,48,54-55H,7-9,11-12,14-15,17-18,20-21,23-24,26-30,32-34,36-40,42-43,46-47,49-53H2,1-6H3,(H-,58,60,62,63)/p+1/b13-10+,19-16+,25-22+,35-31-,44-41+,48-45+. The molecule has 0 aromatic carbocycles. The van der Waals surface area contributed by atoms with Crippen LogP contribution in [0.5, 0.6) is 0 Å². The molecule has 0 aliphatic rings. The predicted molar refractivity (Wildman–Crippen MR) is 286 cm³/mol. The van der Waals surface area contributed by atoms with Gasteiger partial charge in [0.2, 0.25) is 5.91 Å². The van der Waals surface area contributed by atoms with Crippen molar-refractivity contribution in [1.82, 2.24) is 5.32 Å². The highest BCUT2D eigenvalue weighted by atomic mass is 31.2. The molecule has 0 aromatic rings. The lowest BCUT2D eigenvalue weighted by molar-refractivity contribution is -0.870. The number of rotatable bonds is 48. The molecule has 0 aliphatic carbocycles. The number of phosphoric acid groups is 1. The van der Waals surface area contributed by atoms with Crippen molar-refractivity contribution in [2.45, 2.75) is 238 Å². The lowest BCUT2D eigenvalue weighted by Gasteiger charge is -2.27. The minimum Gasteiger partial charge on any atom is -0.456 e. The summed E-state index contributed by atoms with van der Waals surface area (Å²) in [4.78, 5) is 37.4. The van der Waals surface area contributed by atoms with E-state index >= 15 is 0 Å². The van der Waals surface area contributed by atoms with E-state index in [1.807, 2.05) is 39.4 Å². The molecule has 0 fully saturated rings. The van der Waals surface area contributed by atoms with Crippen LogP contribution in [0.4, 0.5) is 0 Å². The average molecular weight is 960 g/mol. The smallest absolute Gasteiger partial charge is 0.456 e. The number of nitrogens with zero attached hydrogens (tertiary/aromatic N) is 1. The van der Waals surface area contributed by atoms with Gasteiger partial charge in [0.05, 0.1) is 33.8 Å². The molecule has 0 spiro atoms. The zero-order valence-corrected chi connectivity index (χ0v) is 45.0. The number of unbranched alkanes of at least 4 members (excludes halogenated alkanes) is 24. The number of ether oxygens (including phenoxy) is 1. The number of carbonyl (C=O) groups excluding carboxylic acids is 2. The first-order valence-electron chi connectivity index (χ1n) is 27.3. The molecule has 0 radical (unpaired) electrons. The SMILES string of the molecule is CC/C=C/C=C/C=C/CCCCCCCCCC(=O)NC(COP(=O)(O)OCC[N+](C)(C)C)C(/C=C/CCCCCCCCCCCCC)OC(=O)CC/C=C/C/C=C\CCCCCCCC. The largest absolute Gasteiger partial charge is 0.472 e. The van der Waals surface area contributed by atoms with Crippen LogP contribution >= 0.6 is 7.82 Å². The zero-order valence-electron chi connectivity index (χ0n) is 44.1. The monoisotopic (exact) mass is 960 g/mol. The molecule has 0 aromatic heterocycles. The van der Waals surface area contributed by atoms with Crippen LogP contribution in [0, 0.1) is 0 Å². The Labute approximate surface area is 413 Å². The van der Waals surface area contributed by atoms with Gasteiger partial charge < -0.3 is 19.4 Å². The number of hydrogen-bond acceptors (Lipinski definition) is 6. The first-order chi connectivity index (χ1) is 32.4. The van der Waals surface area contributed by atoms with Crippen molar-refractivity contribution < 1.29 is 37.3 Å². The second kappa shape index (κ2) is 47.1. The molecule has 9 nitrogen and oxygen atoms in total. The molecule has 3 atom stereocenters. The van der Waals surface area contributed by atoms with E-state index in [-0.39, 0.29) is 25.5 Å². The molecule has 10 heteroatoms. The zero-order chi connectivity index (χ0) is 49.4. The van der Waals surface area contributed by atoms with Crippen molar-refractivity contribution in [3.63, 3.8) is 0 Å². The highest BCUT2D eigenvalue weighted by Crippen LogP contribution is 2.43. The highest BCUT2D eigenvalue weighted by Gasteiger charge is 2.30. The van der Waals surface area contributed by atoms with Crippen LogP contribution in [0.2, 0.25) is 0 Å². The van der Waals surface area contributed by atoms with Gasteiger partial charge in [0.25, 0.3) is 0 Å². The Morgan fingerprint density at radius 2 is 1.03 bits per heavy atom. The minimum absolute atomic E-state index is 0.0276. The summed E-state index contributed by atoms with van der Waals surface area (Å²) in [5, 5.41) is 3.02. The van der Waals surface area contributed by atoms with Crippen LogP contribution in [0.15, 0.2) is 72.9 Å². The number of likely N-dealkylation sites (N-methyl/N-ethyl adjacent to an activating group) is 1. The van der Waals surface area contributed by atoms with E-state index in [0.717, 1.165) is 70.6 Å². The quantitative estimate of drug-likeness (QED) is 0.0156. The number of hydrogen-bond donors (Lipinski definition) is 2. The van der Waals surface area contributed by atoms with Gasteiger partial charge in [0.15, 0.2) is 0 Å². The van der Waals surface area contributed by atoms with Crippen LogP contribution in [-0.2, 0) is 27.9 Å². The third-order valence-electron chi connectivity index (χ3n) is 11.7. The molecule has 0 heterocycles. The Balaban J connectivity index is 5.51. The summed E-state index contributed by atoms with van der Waals surface area (Å²) in [5.41, 5.74) is 0. The third kappa shape index (κ3) is 48.3. The molecule has 0 rings (SSSR count). The van der Waals surface area contributed by atoms with Gasteiger partial charge in [-0.2, -0.15) is 0 Å². The fourth-order valence-electron chi connectivity index (χ4n) is 7.46. The van der Waals surface area contributed by atoms with Crippen LogP contribution in [0.3, 0.4) is 0 Å². The summed E-state index contributed by atoms with van der Waals surface area (Å²) in [6.07, 6.45) is 59.1. The summed E-state index contributed by atoms with van der Waals surface area (Å²) in [6.45, 7) is 6.81. The molecular formula is C57H104N2O7P+. The lowest BCUT2D eigenvalue weighted by Crippen LogP contribution is -2.47. The van der Waals surface area contributed by atoms with Gasteiger partial charge in [-0.15, -0.1) is 0 Å². The van der Waals surface area contributed by atoms with E-state index in [9.17, 15) is 19.0 Å². The number of quaternary nitrogens is 1. The van der Waals surface area contributed by atoms with Crippen LogP contribution in [0.1, 0.15) is 226 Å². The molecule has 67 heavy (non-hydrogen) atoms. The van der Waals surface area contributed by atoms with E-state index < -0.39 is 25.9 Å². The minimum atomic E-state index is -4.46. The third-order valence-corrected chi connectivity index (χ3v) is 12.7. The number of carbonyl (C=O) groups is 2. The van der Waals surface area contributed by atoms with Crippen molar-refractivity contribution in [2.24, 2.45) is 0 Å². The van der Waals surface area contributed by atoms with Gasteiger partial charge in [-0.25, -0.2) is 4.57 Å². The van der Waals surface area contributed by atoms with Gasteiger partial charge in [-0.3, -0.25) is 18.6 Å². The van der Waals surface area contributed by atoms with Crippen molar-refractivity contribution in [1.29, 1.82) is 0 Å². The van der Waals surface area contributed by atoms with Crippen LogP contribution in [-0.4, -0.2) is 74.3 Å². The fourth-order valence-corrected chi connectivity index (χ4v) is 8.20. The Morgan fingerprint density at radius 3 is 1.57 bits per heavy atom. The number of allylic oxidation sites excluding steroid dienone is 11. The summed E-state index contributed by atoms with van der Waals surface area (Å²) in [5.74, 6) is -0.600. The normalized spacial score (nSPS) is 14.4. The van der Waals surface area contributed by atoms with Crippen molar-refractivity contribution >= 4 is 19.7 Å². The van der Waals surface area contributed by atoms with E-state index in [4.69, 9.17) is 13.8 Å². The Kier molecular flexibility index (Phi) is 45.3. The molecule has 1 amide bonds. The summed E-state index contributed by atoms with van der Waals surface area (Å²) in [6, 6.07) is -0.878. The Hall–Kier alpha value is -2.55. The summed E-state index contributed by atoms with van der Waals surface area (Å²) < 4.78 is 30.5. The maximum Gasteiger partial charge on any atom is 0.472 e. The molecular weight excluding hydrogens is 856 g/mol. The van der Waals surface area contributed by atoms with Crippen LogP contribution < -0.4 is 5.32 Å². The average Bonchev–Trinajstić information content (AvgIpc) is 3.28. The van der Waals surface area contributed by atoms with Gasteiger partial charge >= 0.3 is 13.8 Å². The van der Waals surface area contributed by atoms with E-state index in [1.54, 1.807) is 0 Å². The fraction of sp³-hybridized carbons (Fsp3) is 0.754. The first-order valence-corrected chi connectivity index (χ1v) is 28.8. The molecule has 0 saturated heterocycles. The predicted octanol–water partition coefficient (Wildman–Crippen LogP) is 16.1. The summed E-state index contributed by atoms with van der Waals surface area (Å²) in [7, 11) is 1.45. The van der Waals surface area contributed by atoms with Crippen molar-refractivity contribution in [3.8, 4) is 0 Å². The molecule has 0 saturated carbocycles. The first kappa shape index (κ1) is 64.5. The summed E-state index contributed by atoms with van der Waals surface area (Å²) >= 11 is 0. The van der Waals surface area contributed by atoms with E-state index in [2.05, 4.69) is 80.8 Å². The molecule has 2 N–H and O–H groups in total. The highest BCUT2D eigenvalue weighted by molar-refractivity contribution is 7.47. The van der Waals surface area contributed by atoms with E-state index in [0.29, 0.717) is 23.9 Å². The number of nitrogens with one attached hydrogen (secondary N) is 1. The lowest BCUT2D eigenvalue weighted by atomic mass is 10.0. The second-order valence-electron chi connectivity index (χ2n) is 19.4.